The molecule has 0 radical (unpaired) electrons. The molecular weight excluding hydrogens is 314 g/mol. The SMILES string of the molecule is Cc1cc(N2CCN(C(=O)OC(C)(C)C)C(C)(C)C2)cnc1Cl. The van der Waals surface area contributed by atoms with Gasteiger partial charge in [0.1, 0.15) is 10.8 Å². The number of amides is 1. The summed E-state index contributed by atoms with van der Waals surface area (Å²) in [5, 5.41) is 0.528. The van der Waals surface area contributed by atoms with Gasteiger partial charge in [0.05, 0.1) is 17.4 Å². The predicted octanol–water partition coefficient (Wildman–Crippen LogP) is 3.88. The summed E-state index contributed by atoms with van der Waals surface area (Å²) in [7, 11) is 0. The number of aryl methyl sites for hydroxylation is 1. The molecule has 1 fully saturated rings. The third kappa shape index (κ3) is 4.28. The molecule has 0 atom stereocenters. The molecule has 0 bridgehead atoms. The zero-order valence-corrected chi connectivity index (χ0v) is 15.6. The van der Waals surface area contributed by atoms with Crippen molar-refractivity contribution in [3.63, 3.8) is 0 Å². The van der Waals surface area contributed by atoms with Crippen LogP contribution in [0.4, 0.5) is 10.5 Å². The van der Waals surface area contributed by atoms with Gasteiger partial charge in [-0.25, -0.2) is 9.78 Å². The maximum absolute atomic E-state index is 12.4. The molecule has 1 amide bonds. The molecule has 0 aliphatic carbocycles. The number of halogens is 1. The van der Waals surface area contributed by atoms with Crippen molar-refractivity contribution in [1.29, 1.82) is 0 Å². The van der Waals surface area contributed by atoms with Gasteiger partial charge in [-0.05, 0) is 53.2 Å². The summed E-state index contributed by atoms with van der Waals surface area (Å²) in [5.41, 5.74) is 1.18. The summed E-state index contributed by atoms with van der Waals surface area (Å²) in [5.74, 6) is 0. The van der Waals surface area contributed by atoms with Crippen LogP contribution in [0.3, 0.4) is 0 Å². The minimum Gasteiger partial charge on any atom is -0.444 e. The normalized spacial score (nSPS) is 18.0. The summed E-state index contributed by atoms with van der Waals surface area (Å²) < 4.78 is 5.53. The second kappa shape index (κ2) is 6.19. The van der Waals surface area contributed by atoms with Gasteiger partial charge >= 0.3 is 6.09 Å². The van der Waals surface area contributed by atoms with Gasteiger partial charge in [-0.2, -0.15) is 0 Å². The number of carbonyl (C=O) groups excluding carboxylic acids is 1. The molecule has 6 heteroatoms. The van der Waals surface area contributed by atoms with Crippen LogP contribution in [-0.2, 0) is 4.74 Å². The van der Waals surface area contributed by atoms with E-state index in [0.29, 0.717) is 11.7 Å². The third-order valence-corrected chi connectivity index (χ3v) is 4.28. The van der Waals surface area contributed by atoms with E-state index in [9.17, 15) is 4.79 Å². The Balaban J connectivity index is 2.13. The number of pyridine rings is 1. The molecular formula is C17H26ClN3O2. The van der Waals surface area contributed by atoms with E-state index in [1.165, 1.54) is 0 Å². The van der Waals surface area contributed by atoms with Crippen molar-refractivity contribution < 1.29 is 9.53 Å². The molecule has 0 unspecified atom stereocenters. The molecule has 0 aromatic carbocycles. The summed E-state index contributed by atoms with van der Waals surface area (Å²) >= 11 is 6.00. The van der Waals surface area contributed by atoms with Gasteiger partial charge in [0.25, 0.3) is 0 Å². The fourth-order valence-corrected chi connectivity index (χ4v) is 2.85. The standard InChI is InChI=1S/C17H26ClN3O2/c1-12-9-13(10-19-14(12)18)20-7-8-21(17(5,6)11-20)15(22)23-16(2,3)4/h9-10H,7-8,11H2,1-6H3. The maximum Gasteiger partial charge on any atom is 0.410 e. The Hall–Kier alpha value is -1.49. The van der Waals surface area contributed by atoms with E-state index < -0.39 is 5.60 Å². The number of piperazine rings is 1. The lowest BCUT2D eigenvalue weighted by atomic mass is 9.99. The fraction of sp³-hybridized carbons (Fsp3) is 0.647. The lowest BCUT2D eigenvalue weighted by Crippen LogP contribution is -2.61. The van der Waals surface area contributed by atoms with Crippen molar-refractivity contribution in [2.75, 3.05) is 24.5 Å². The number of carbonyl (C=O) groups is 1. The van der Waals surface area contributed by atoms with E-state index in [1.807, 2.05) is 38.7 Å². The summed E-state index contributed by atoms with van der Waals surface area (Å²) in [6.45, 7) is 13.8. The van der Waals surface area contributed by atoms with E-state index in [4.69, 9.17) is 16.3 Å². The Morgan fingerprint density at radius 2 is 2.00 bits per heavy atom. The van der Waals surface area contributed by atoms with Crippen molar-refractivity contribution in [1.82, 2.24) is 9.88 Å². The van der Waals surface area contributed by atoms with E-state index in [2.05, 4.69) is 23.7 Å². The monoisotopic (exact) mass is 339 g/mol. The number of ether oxygens (including phenoxy) is 1. The van der Waals surface area contributed by atoms with Crippen molar-refractivity contribution >= 4 is 23.4 Å². The van der Waals surface area contributed by atoms with Crippen LogP contribution >= 0.6 is 11.6 Å². The highest BCUT2D eigenvalue weighted by molar-refractivity contribution is 6.30. The first kappa shape index (κ1) is 17.9. The molecule has 0 N–H and O–H groups in total. The van der Waals surface area contributed by atoms with Crippen LogP contribution in [0.2, 0.25) is 5.15 Å². The lowest BCUT2D eigenvalue weighted by Gasteiger charge is -2.47. The first-order valence-corrected chi connectivity index (χ1v) is 8.25. The largest absolute Gasteiger partial charge is 0.444 e. The number of anilines is 1. The molecule has 1 aliphatic rings. The molecule has 1 aromatic rings. The van der Waals surface area contributed by atoms with Gasteiger partial charge in [0.2, 0.25) is 0 Å². The van der Waals surface area contributed by atoms with E-state index in [-0.39, 0.29) is 11.6 Å². The highest BCUT2D eigenvalue weighted by Crippen LogP contribution is 2.28. The molecule has 2 heterocycles. The van der Waals surface area contributed by atoms with Gasteiger partial charge < -0.3 is 9.64 Å². The Labute approximate surface area is 143 Å². The fourth-order valence-electron chi connectivity index (χ4n) is 2.75. The van der Waals surface area contributed by atoms with E-state index in [1.54, 1.807) is 6.20 Å². The predicted molar refractivity (Wildman–Crippen MR) is 93.2 cm³/mol. The zero-order chi connectivity index (χ0) is 17.4. The number of rotatable bonds is 1. The molecule has 23 heavy (non-hydrogen) atoms. The Kier molecular flexibility index (Phi) is 4.81. The maximum atomic E-state index is 12.4. The Bertz CT molecular complexity index is 596. The van der Waals surface area contributed by atoms with Crippen molar-refractivity contribution in [2.24, 2.45) is 0 Å². The molecule has 1 aliphatic heterocycles. The first-order valence-electron chi connectivity index (χ1n) is 7.87. The smallest absolute Gasteiger partial charge is 0.410 e. The Morgan fingerprint density at radius 1 is 1.35 bits per heavy atom. The topological polar surface area (TPSA) is 45.7 Å². The van der Waals surface area contributed by atoms with Crippen LogP contribution in [0.5, 0.6) is 0 Å². The minimum absolute atomic E-state index is 0.257. The summed E-state index contributed by atoms with van der Waals surface area (Å²) in [4.78, 5) is 20.7. The molecule has 128 valence electrons. The minimum atomic E-state index is -0.485. The average molecular weight is 340 g/mol. The van der Waals surface area contributed by atoms with Crippen molar-refractivity contribution in [3.05, 3.63) is 23.0 Å². The molecule has 0 spiro atoms. The second-order valence-corrected chi connectivity index (χ2v) is 8.03. The molecule has 1 saturated heterocycles. The Morgan fingerprint density at radius 3 is 2.52 bits per heavy atom. The van der Waals surface area contributed by atoms with Crippen LogP contribution in [0, 0.1) is 6.92 Å². The van der Waals surface area contributed by atoms with Crippen LogP contribution in [0.15, 0.2) is 12.3 Å². The first-order chi connectivity index (χ1) is 10.5. The average Bonchev–Trinajstić information content (AvgIpc) is 2.38. The van der Waals surface area contributed by atoms with Gasteiger partial charge in [0.15, 0.2) is 0 Å². The highest BCUT2D eigenvalue weighted by atomic mass is 35.5. The third-order valence-electron chi connectivity index (χ3n) is 3.88. The molecule has 1 aromatic heterocycles. The van der Waals surface area contributed by atoms with Gasteiger partial charge in [0, 0.05) is 19.6 Å². The number of hydrogen-bond donors (Lipinski definition) is 0. The summed E-state index contributed by atoms with van der Waals surface area (Å²) in [6, 6.07) is 2.04. The molecule has 5 nitrogen and oxygen atoms in total. The second-order valence-electron chi connectivity index (χ2n) is 7.67. The van der Waals surface area contributed by atoms with Crippen LogP contribution in [0.25, 0.3) is 0 Å². The number of aromatic nitrogens is 1. The zero-order valence-electron chi connectivity index (χ0n) is 14.8. The van der Waals surface area contributed by atoms with Crippen LogP contribution in [-0.4, -0.2) is 46.8 Å². The van der Waals surface area contributed by atoms with E-state index >= 15 is 0 Å². The number of hydrogen-bond acceptors (Lipinski definition) is 4. The van der Waals surface area contributed by atoms with Crippen molar-refractivity contribution in [2.45, 2.75) is 52.7 Å². The molecule has 2 rings (SSSR count). The van der Waals surface area contributed by atoms with Crippen LogP contribution < -0.4 is 4.90 Å². The van der Waals surface area contributed by atoms with Crippen LogP contribution in [0.1, 0.15) is 40.2 Å². The summed E-state index contributed by atoms with van der Waals surface area (Å²) in [6.07, 6.45) is 1.53. The van der Waals surface area contributed by atoms with Crippen molar-refractivity contribution in [3.8, 4) is 0 Å². The highest BCUT2D eigenvalue weighted by Gasteiger charge is 2.39. The number of nitrogens with zero attached hydrogens (tertiary/aromatic N) is 3. The van der Waals surface area contributed by atoms with E-state index in [0.717, 1.165) is 24.3 Å². The van der Waals surface area contributed by atoms with Gasteiger partial charge in [-0.15, -0.1) is 0 Å². The molecule has 0 saturated carbocycles. The van der Waals surface area contributed by atoms with Gasteiger partial charge in [-0.1, -0.05) is 11.6 Å². The quantitative estimate of drug-likeness (QED) is 0.728. The lowest BCUT2D eigenvalue weighted by molar-refractivity contribution is 0.000375. The van der Waals surface area contributed by atoms with Gasteiger partial charge in [-0.3, -0.25) is 4.90 Å².